The first kappa shape index (κ1) is 15.6. The molecule has 0 aliphatic heterocycles. The monoisotopic (exact) mass is 273 g/mol. The summed E-state index contributed by atoms with van der Waals surface area (Å²) in [5.41, 5.74) is 3.17. The third kappa shape index (κ3) is 3.85. The second-order valence-electron chi connectivity index (χ2n) is 6.48. The summed E-state index contributed by atoms with van der Waals surface area (Å²) in [7, 11) is 2.15. The SMILES string of the molecule is CCCCC(CC)CC(NC)C1Cc2ccccc2C1. The van der Waals surface area contributed by atoms with E-state index >= 15 is 0 Å². The smallest absolute Gasteiger partial charge is 0.0101 e. The van der Waals surface area contributed by atoms with E-state index in [2.05, 4.69) is 50.5 Å². The number of unbranched alkanes of at least 4 members (excludes halogenated alkanes) is 1. The number of benzene rings is 1. The van der Waals surface area contributed by atoms with Gasteiger partial charge in [0.15, 0.2) is 0 Å². The van der Waals surface area contributed by atoms with Gasteiger partial charge in [-0.15, -0.1) is 0 Å². The van der Waals surface area contributed by atoms with Gasteiger partial charge >= 0.3 is 0 Å². The van der Waals surface area contributed by atoms with Crippen LogP contribution in [-0.4, -0.2) is 13.1 Å². The summed E-state index contributed by atoms with van der Waals surface area (Å²) in [5.74, 6) is 1.70. The molecular weight excluding hydrogens is 242 g/mol. The van der Waals surface area contributed by atoms with Gasteiger partial charge in [-0.3, -0.25) is 0 Å². The highest BCUT2D eigenvalue weighted by atomic mass is 14.9. The van der Waals surface area contributed by atoms with E-state index in [9.17, 15) is 0 Å². The molecule has 1 aromatic carbocycles. The van der Waals surface area contributed by atoms with Crippen LogP contribution in [0.15, 0.2) is 24.3 Å². The van der Waals surface area contributed by atoms with E-state index in [1.54, 1.807) is 11.1 Å². The first-order valence-electron chi connectivity index (χ1n) is 8.52. The second-order valence-corrected chi connectivity index (χ2v) is 6.48. The standard InChI is InChI=1S/C19H31N/c1-4-6-9-15(5-2)12-19(20-3)18-13-16-10-7-8-11-17(16)14-18/h7-8,10-11,15,18-20H,4-6,9,12-14H2,1-3H3. The molecule has 1 heteroatoms. The lowest BCUT2D eigenvalue weighted by Gasteiger charge is -2.27. The minimum Gasteiger partial charge on any atom is -0.317 e. The molecule has 112 valence electrons. The molecule has 0 amide bonds. The third-order valence-corrected chi connectivity index (χ3v) is 5.15. The summed E-state index contributed by atoms with van der Waals surface area (Å²) in [6, 6.07) is 9.69. The highest BCUT2D eigenvalue weighted by molar-refractivity contribution is 5.32. The highest BCUT2D eigenvalue weighted by Crippen LogP contribution is 2.32. The predicted molar refractivity (Wildman–Crippen MR) is 88.1 cm³/mol. The van der Waals surface area contributed by atoms with Crippen LogP contribution in [0, 0.1) is 11.8 Å². The molecular formula is C19H31N. The van der Waals surface area contributed by atoms with Crippen molar-refractivity contribution in [3.05, 3.63) is 35.4 Å². The summed E-state index contributed by atoms with van der Waals surface area (Å²) < 4.78 is 0. The van der Waals surface area contributed by atoms with E-state index in [0.717, 1.165) is 11.8 Å². The van der Waals surface area contributed by atoms with Gasteiger partial charge in [0.2, 0.25) is 0 Å². The van der Waals surface area contributed by atoms with Crippen LogP contribution in [0.4, 0.5) is 0 Å². The van der Waals surface area contributed by atoms with Crippen LogP contribution in [-0.2, 0) is 12.8 Å². The zero-order chi connectivity index (χ0) is 14.4. The van der Waals surface area contributed by atoms with Gasteiger partial charge in [0.1, 0.15) is 0 Å². The number of hydrogen-bond donors (Lipinski definition) is 1. The fraction of sp³-hybridized carbons (Fsp3) is 0.684. The Balaban J connectivity index is 1.93. The van der Waals surface area contributed by atoms with E-state index in [1.807, 2.05) is 0 Å². The van der Waals surface area contributed by atoms with Crippen LogP contribution < -0.4 is 5.32 Å². The molecule has 0 spiro atoms. The van der Waals surface area contributed by atoms with Crippen molar-refractivity contribution in [1.82, 2.24) is 5.32 Å². The lowest BCUT2D eigenvalue weighted by Crippen LogP contribution is -2.36. The Bertz CT molecular complexity index is 374. The molecule has 1 nitrogen and oxygen atoms in total. The van der Waals surface area contributed by atoms with Crippen LogP contribution >= 0.6 is 0 Å². The lowest BCUT2D eigenvalue weighted by molar-refractivity contribution is 0.292. The first-order chi connectivity index (χ1) is 9.78. The molecule has 20 heavy (non-hydrogen) atoms. The molecule has 0 saturated heterocycles. The van der Waals surface area contributed by atoms with Crippen molar-refractivity contribution < 1.29 is 0 Å². The fourth-order valence-electron chi connectivity index (χ4n) is 3.76. The Hall–Kier alpha value is -0.820. The summed E-state index contributed by atoms with van der Waals surface area (Å²) >= 11 is 0. The quantitative estimate of drug-likeness (QED) is 0.730. The molecule has 1 aromatic rings. The molecule has 0 heterocycles. The summed E-state index contributed by atoms with van der Waals surface area (Å²) in [6.45, 7) is 4.66. The molecule has 0 aromatic heterocycles. The van der Waals surface area contributed by atoms with Crippen LogP contribution in [0.25, 0.3) is 0 Å². The third-order valence-electron chi connectivity index (χ3n) is 5.15. The zero-order valence-electron chi connectivity index (χ0n) is 13.5. The Morgan fingerprint density at radius 1 is 1.15 bits per heavy atom. The fourth-order valence-corrected chi connectivity index (χ4v) is 3.76. The maximum atomic E-state index is 3.62. The maximum Gasteiger partial charge on any atom is 0.0101 e. The topological polar surface area (TPSA) is 12.0 Å². The minimum absolute atomic E-state index is 0.684. The van der Waals surface area contributed by atoms with Gasteiger partial charge in [-0.25, -0.2) is 0 Å². The molecule has 2 unspecified atom stereocenters. The van der Waals surface area contributed by atoms with Crippen LogP contribution in [0.1, 0.15) is 57.1 Å². The second kappa shape index (κ2) is 7.83. The molecule has 0 saturated carbocycles. The van der Waals surface area contributed by atoms with Crippen molar-refractivity contribution in [2.75, 3.05) is 7.05 Å². The van der Waals surface area contributed by atoms with Crippen molar-refractivity contribution in [1.29, 1.82) is 0 Å². The van der Waals surface area contributed by atoms with E-state index in [1.165, 1.54) is 44.9 Å². The largest absolute Gasteiger partial charge is 0.317 e. The van der Waals surface area contributed by atoms with E-state index < -0.39 is 0 Å². The van der Waals surface area contributed by atoms with E-state index in [-0.39, 0.29) is 0 Å². The first-order valence-corrected chi connectivity index (χ1v) is 8.52. The van der Waals surface area contributed by atoms with E-state index in [0.29, 0.717) is 6.04 Å². The number of fused-ring (bicyclic) bond motifs is 1. The Morgan fingerprint density at radius 2 is 1.80 bits per heavy atom. The van der Waals surface area contributed by atoms with Gasteiger partial charge in [-0.2, -0.15) is 0 Å². The molecule has 2 atom stereocenters. The van der Waals surface area contributed by atoms with Gasteiger partial charge in [0.05, 0.1) is 0 Å². The normalized spacial score (nSPS) is 17.9. The van der Waals surface area contributed by atoms with Crippen LogP contribution in [0.5, 0.6) is 0 Å². The van der Waals surface area contributed by atoms with Crippen molar-refractivity contribution in [2.24, 2.45) is 11.8 Å². The predicted octanol–water partition coefficient (Wildman–Crippen LogP) is 4.60. The van der Waals surface area contributed by atoms with Gasteiger partial charge < -0.3 is 5.32 Å². The summed E-state index contributed by atoms with van der Waals surface area (Å²) in [4.78, 5) is 0. The average Bonchev–Trinajstić information content (AvgIpc) is 2.91. The van der Waals surface area contributed by atoms with Gasteiger partial charge in [0.25, 0.3) is 0 Å². The molecule has 0 fully saturated rings. The maximum absolute atomic E-state index is 3.62. The zero-order valence-corrected chi connectivity index (χ0v) is 13.5. The molecule has 0 radical (unpaired) electrons. The molecule has 2 rings (SSSR count). The van der Waals surface area contributed by atoms with Crippen LogP contribution in [0.2, 0.25) is 0 Å². The lowest BCUT2D eigenvalue weighted by atomic mass is 9.85. The Kier molecular flexibility index (Phi) is 6.09. The Labute approximate surface area is 125 Å². The van der Waals surface area contributed by atoms with Crippen molar-refractivity contribution >= 4 is 0 Å². The van der Waals surface area contributed by atoms with Crippen molar-refractivity contribution in [2.45, 2.75) is 64.8 Å². The number of hydrogen-bond acceptors (Lipinski definition) is 1. The molecule has 1 aliphatic carbocycles. The highest BCUT2D eigenvalue weighted by Gasteiger charge is 2.28. The minimum atomic E-state index is 0.684. The van der Waals surface area contributed by atoms with Crippen molar-refractivity contribution in [3.8, 4) is 0 Å². The molecule has 1 N–H and O–H groups in total. The summed E-state index contributed by atoms with van der Waals surface area (Å²) in [6.07, 6.45) is 9.35. The number of nitrogens with one attached hydrogen (secondary N) is 1. The van der Waals surface area contributed by atoms with Gasteiger partial charge in [-0.05, 0) is 49.3 Å². The van der Waals surface area contributed by atoms with Crippen LogP contribution in [0.3, 0.4) is 0 Å². The average molecular weight is 273 g/mol. The Morgan fingerprint density at radius 3 is 2.30 bits per heavy atom. The van der Waals surface area contributed by atoms with Gasteiger partial charge in [0, 0.05) is 6.04 Å². The van der Waals surface area contributed by atoms with Crippen molar-refractivity contribution in [3.63, 3.8) is 0 Å². The molecule has 0 bridgehead atoms. The van der Waals surface area contributed by atoms with E-state index in [4.69, 9.17) is 0 Å². The number of rotatable bonds is 8. The van der Waals surface area contributed by atoms with Gasteiger partial charge in [-0.1, -0.05) is 63.8 Å². The molecule has 1 aliphatic rings. The summed E-state index contributed by atoms with van der Waals surface area (Å²) in [5, 5.41) is 3.62.